The van der Waals surface area contributed by atoms with Gasteiger partial charge in [-0.3, -0.25) is 0 Å². The van der Waals surface area contributed by atoms with Gasteiger partial charge in [0, 0.05) is 7.05 Å². The van der Waals surface area contributed by atoms with Crippen LogP contribution < -0.4 is 4.80 Å². The predicted octanol–water partition coefficient (Wildman–Crippen LogP) is 4.19. The molecule has 0 aliphatic rings. The molecule has 0 bridgehead atoms. The molecule has 118 valence electrons. The molecule has 0 N–H and O–H groups in total. The van der Waals surface area contributed by atoms with E-state index in [0.29, 0.717) is 5.56 Å². The molecule has 0 saturated heterocycles. The van der Waals surface area contributed by atoms with E-state index in [-0.39, 0.29) is 0 Å². The minimum absolute atomic E-state index is 0.561. The maximum Gasteiger partial charge on any atom is 0.416 e. The highest BCUT2D eigenvalue weighted by Crippen LogP contribution is 2.28. The Morgan fingerprint density at radius 1 is 1.04 bits per heavy atom. The summed E-state index contributed by atoms with van der Waals surface area (Å²) in [4.78, 5) is 0.717. The lowest BCUT2D eigenvalue weighted by atomic mass is 10.1. The van der Waals surface area contributed by atoms with E-state index < -0.39 is 11.7 Å². The molecule has 1 heterocycles. The molecule has 0 atom stereocenters. The summed E-state index contributed by atoms with van der Waals surface area (Å²) in [7, 11) is 1.89. The van der Waals surface area contributed by atoms with Gasteiger partial charge >= 0.3 is 6.18 Å². The van der Waals surface area contributed by atoms with Gasteiger partial charge in [-0.05, 0) is 29.8 Å². The van der Waals surface area contributed by atoms with Crippen molar-refractivity contribution in [3.63, 3.8) is 0 Å². The average Bonchev–Trinajstić information content (AvgIpc) is 2.84. The third-order valence-electron chi connectivity index (χ3n) is 3.30. The molecule has 0 aliphatic carbocycles. The van der Waals surface area contributed by atoms with E-state index in [9.17, 15) is 13.2 Å². The quantitative estimate of drug-likeness (QED) is 0.496. The van der Waals surface area contributed by atoms with E-state index in [1.807, 2.05) is 35.9 Å². The lowest BCUT2D eigenvalue weighted by molar-refractivity contribution is -0.137. The molecule has 2 aromatic carbocycles. The van der Waals surface area contributed by atoms with E-state index in [2.05, 4.69) is 10.2 Å². The standard InChI is InChI=1S/C16H12F3N3S/c1-22-13-4-2-3-5-14(13)23-15(22)21-20-10-11-6-8-12(9-7-11)16(17,18)19/h2-10H,1H3/b20-10+,21-15-. The molecule has 7 heteroatoms. The van der Waals surface area contributed by atoms with Crippen LogP contribution in [0.1, 0.15) is 11.1 Å². The van der Waals surface area contributed by atoms with Crippen molar-refractivity contribution in [2.45, 2.75) is 6.18 Å². The first-order valence-corrected chi connectivity index (χ1v) is 7.56. The molecule has 0 aliphatic heterocycles. The van der Waals surface area contributed by atoms with Crippen LogP contribution in [-0.4, -0.2) is 10.8 Å². The Hall–Kier alpha value is -2.41. The number of hydrogen-bond donors (Lipinski definition) is 0. The first-order chi connectivity index (χ1) is 10.9. The van der Waals surface area contributed by atoms with Crippen LogP contribution in [-0.2, 0) is 13.2 Å². The summed E-state index contributed by atoms with van der Waals surface area (Å²) < 4.78 is 40.5. The van der Waals surface area contributed by atoms with Crippen LogP contribution in [0.2, 0.25) is 0 Å². The van der Waals surface area contributed by atoms with Crippen molar-refractivity contribution in [1.82, 2.24) is 4.57 Å². The molecule has 23 heavy (non-hydrogen) atoms. The highest BCUT2D eigenvalue weighted by Gasteiger charge is 2.29. The number of nitrogens with zero attached hydrogens (tertiary/aromatic N) is 3. The van der Waals surface area contributed by atoms with Gasteiger partial charge in [-0.1, -0.05) is 35.6 Å². The fraction of sp³-hybridized carbons (Fsp3) is 0.125. The number of fused-ring (bicyclic) bond motifs is 1. The summed E-state index contributed by atoms with van der Waals surface area (Å²) in [5, 5.41) is 8.11. The zero-order chi connectivity index (χ0) is 16.4. The molecule has 3 nitrogen and oxygen atoms in total. The molecule has 3 aromatic rings. The van der Waals surface area contributed by atoms with Crippen molar-refractivity contribution in [2.24, 2.45) is 17.3 Å². The van der Waals surface area contributed by atoms with Gasteiger partial charge < -0.3 is 4.57 Å². The van der Waals surface area contributed by atoms with Gasteiger partial charge in [-0.25, -0.2) is 0 Å². The smallest absolute Gasteiger partial charge is 0.318 e. The molecule has 0 amide bonds. The van der Waals surface area contributed by atoms with Gasteiger partial charge in [0.2, 0.25) is 4.80 Å². The van der Waals surface area contributed by atoms with Crippen molar-refractivity contribution >= 4 is 27.8 Å². The second kappa shape index (κ2) is 6.00. The number of benzene rings is 2. The molecule has 0 fully saturated rings. The van der Waals surface area contributed by atoms with Crippen LogP contribution >= 0.6 is 11.3 Å². The fourth-order valence-corrected chi connectivity index (χ4v) is 3.06. The van der Waals surface area contributed by atoms with Crippen LogP contribution in [0.4, 0.5) is 13.2 Å². The highest BCUT2D eigenvalue weighted by atomic mass is 32.1. The first kappa shape index (κ1) is 15.5. The predicted molar refractivity (Wildman–Crippen MR) is 85.4 cm³/mol. The van der Waals surface area contributed by atoms with Gasteiger partial charge in [-0.15, -0.1) is 5.10 Å². The van der Waals surface area contributed by atoms with Crippen LogP contribution in [0, 0.1) is 0 Å². The zero-order valence-corrected chi connectivity index (χ0v) is 12.9. The van der Waals surface area contributed by atoms with Gasteiger partial charge in [0.1, 0.15) is 0 Å². The van der Waals surface area contributed by atoms with Crippen molar-refractivity contribution in [2.75, 3.05) is 0 Å². The summed E-state index contributed by atoms with van der Waals surface area (Å²) >= 11 is 1.50. The average molecular weight is 335 g/mol. The third-order valence-corrected chi connectivity index (χ3v) is 4.41. The van der Waals surface area contributed by atoms with E-state index in [4.69, 9.17) is 0 Å². The molecule has 0 saturated carbocycles. The molecule has 0 radical (unpaired) electrons. The van der Waals surface area contributed by atoms with E-state index in [1.165, 1.54) is 29.7 Å². The molecule has 0 unspecified atom stereocenters. The Balaban J connectivity index is 1.86. The summed E-state index contributed by atoms with van der Waals surface area (Å²) in [6, 6.07) is 12.7. The normalized spacial score (nSPS) is 13.3. The van der Waals surface area contributed by atoms with Gasteiger partial charge in [0.05, 0.1) is 22.0 Å². The van der Waals surface area contributed by atoms with E-state index >= 15 is 0 Å². The Labute approximate surface area is 134 Å². The van der Waals surface area contributed by atoms with Crippen LogP contribution in [0.25, 0.3) is 10.2 Å². The maximum atomic E-state index is 12.5. The Bertz CT molecular complexity index is 918. The molecule has 0 spiro atoms. The fourth-order valence-electron chi connectivity index (χ4n) is 2.08. The Morgan fingerprint density at radius 3 is 2.39 bits per heavy atom. The summed E-state index contributed by atoms with van der Waals surface area (Å²) in [5.41, 5.74) is 0.939. The number of aryl methyl sites for hydroxylation is 1. The minimum Gasteiger partial charge on any atom is -0.318 e. The van der Waals surface area contributed by atoms with Gasteiger partial charge in [0.25, 0.3) is 0 Å². The van der Waals surface area contributed by atoms with Crippen LogP contribution in [0.15, 0.2) is 58.7 Å². The Morgan fingerprint density at radius 2 is 1.74 bits per heavy atom. The molecule has 3 rings (SSSR count). The van der Waals surface area contributed by atoms with Crippen molar-refractivity contribution < 1.29 is 13.2 Å². The SMILES string of the molecule is Cn1/c(=N/N=C/c2ccc(C(F)(F)F)cc2)sc2ccccc21. The topological polar surface area (TPSA) is 29.6 Å². The number of alkyl halides is 3. The summed E-state index contributed by atoms with van der Waals surface area (Å²) in [5.74, 6) is 0. The monoisotopic (exact) mass is 335 g/mol. The summed E-state index contributed by atoms with van der Waals surface area (Å²) in [6.45, 7) is 0. The zero-order valence-electron chi connectivity index (χ0n) is 12.1. The lowest BCUT2D eigenvalue weighted by Gasteiger charge is -2.05. The van der Waals surface area contributed by atoms with E-state index in [1.54, 1.807) is 0 Å². The minimum atomic E-state index is -4.33. The van der Waals surface area contributed by atoms with Crippen molar-refractivity contribution in [1.29, 1.82) is 0 Å². The number of hydrogen-bond acceptors (Lipinski definition) is 3. The molecule has 1 aromatic heterocycles. The second-order valence-corrected chi connectivity index (χ2v) is 5.88. The van der Waals surface area contributed by atoms with Gasteiger partial charge in [0.15, 0.2) is 0 Å². The summed E-state index contributed by atoms with van der Waals surface area (Å²) in [6.07, 6.45) is -2.89. The van der Waals surface area contributed by atoms with Crippen molar-refractivity contribution in [3.05, 3.63) is 64.5 Å². The van der Waals surface area contributed by atoms with Crippen molar-refractivity contribution in [3.8, 4) is 0 Å². The number of para-hydroxylation sites is 1. The van der Waals surface area contributed by atoms with Crippen LogP contribution in [0.3, 0.4) is 0 Å². The largest absolute Gasteiger partial charge is 0.416 e. The first-order valence-electron chi connectivity index (χ1n) is 6.74. The maximum absolute atomic E-state index is 12.5. The third kappa shape index (κ3) is 3.34. The number of aromatic nitrogens is 1. The molecular weight excluding hydrogens is 323 g/mol. The highest BCUT2D eigenvalue weighted by molar-refractivity contribution is 7.16. The Kier molecular flexibility index (Phi) is 4.04. The number of halogens is 3. The van der Waals surface area contributed by atoms with Gasteiger partial charge in [-0.2, -0.15) is 18.3 Å². The molecular formula is C16H12F3N3S. The van der Waals surface area contributed by atoms with Crippen LogP contribution in [0.5, 0.6) is 0 Å². The number of rotatable bonds is 2. The number of thiazole rings is 1. The second-order valence-electron chi connectivity index (χ2n) is 4.88. The van der Waals surface area contributed by atoms with E-state index in [0.717, 1.165) is 27.2 Å². The lowest BCUT2D eigenvalue weighted by Crippen LogP contribution is -2.08.